The third kappa shape index (κ3) is 3.43. The van der Waals surface area contributed by atoms with Crippen LogP contribution in [0, 0.1) is 0 Å². The van der Waals surface area contributed by atoms with Crippen molar-refractivity contribution in [1.29, 1.82) is 0 Å². The van der Waals surface area contributed by atoms with E-state index in [1.807, 2.05) is 4.68 Å². The van der Waals surface area contributed by atoms with Gasteiger partial charge in [0, 0.05) is 44.6 Å². The maximum absolute atomic E-state index is 5.77. The minimum Gasteiger partial charge on any atom is -0.300 e. The van der Waals surface area contributed by atoms with Gasteiger partial charge in [0.05, 0.1) is 6.54 Å². The molecule has 5 nitrogen and oxygen atoms in total. The summed E-state index contributed by atoms with van der Waals surface area (Å²) in [6.07, 6.45) is 1.65. The van der Waals surface area contributed by atoms with E-state index >= 15 is 0 Å². The van der Waals surface area contributed by atoms with Crippen molar-refractivity contribution in [3.05, 3.63) is 12.2 Å². The van der Waals surface area contributed by atoms with E-state index in [0.717, 1.165) is 51.0 Å². The average Bonchev–Trinajstić information content (AvgIpc) is 2.80. The molecule has 18 heavy (non-hydrogen) atoms. The highest BCUT2D eigenvalue weighted by Gasteiger charge is 2.18. The predicted molar refractivity (Wildman–Crippen MR) is 72.8 cm³/mol. The first-order chi connectivity index (χ1) is 8.70. The molecule has 1 aromatic heterocycles. The van der Waals surface area contributed by atoms with Crippen LogP contribution in [0.3, 0.4) is 0 Å². The van der Waals surface area contributed by atoms with E-state index in [0.29, 0.717) is 6.04 Å². The molecule has 1 aliphatic rings. The standard InChI is InChI=1S/C12H22ClN5/c1-11(2)18-12(14-10-15-18)9-17-7-5-16(4-3-13)6-8-17/h10-11H,3-9H2,1-2H3. The lowest BCUT2D eigenvalue weighted by molar-refractivity contribution is 0.128. The number of piperazine rings is 1. The van der Waals surface area contributed by atoms with Gasteiger partial charge in [-0.25, -0.2) is 9.67 Å². The van der Waals surface area contributed by atoms with Gasteiger partial charge in [-0.2, -0.15) is 5.10 Å². The van der Waals surface area contributed by atoms with Crippen molar-refractivity contribution in [2.24, 2.45) is 0 Å². The first-order valence-electron chi connectivity index (χ1n) is 6.59. The Bertz CT molecular complexity index is 357. The molecule has 0 spiro atoms. The van der Waals surface area contributed by atoms with Gasteiger partial charge in [-0.05, 0) is 13.8 Å². The van der Waals surface area contributed by atoms with E-state index in [9.17, 15) is 0 Å². The second-order valence-electron chi connectivity index (χ2n) is 5.02. The lowest BCUT2D eigenvalue weighted by Crippen LogP contribution is -2.46. The molecule has 0 radical (unpaired) electrons. The molecule has 1 fully saturated rings. The molecule has 1 aliphatic heterocycles. The Balaban J connectivity index is 1.86. The van der Waals surface area contributed by atoms with Crippen LogP contribution in [-0.2, 0) is 6.54 Å². The summed E-state index contributed by atoms with van der Waals surface area (Å²) in [5.74, 6) is 1.79. The zero-order valence-corrected chi connectivity index (χ0v) is 12.0. The van der Waals surface area contributed by atoms with Crippen LogP contribution in [0.2, 0.25) is 0 Å². The van der Waals surface area contributed by atoms with Gasteiger partial charge in [-0.1, -0.05) is 0 Å². The third-order valence-corrected chi connectivity index (χ3v) is 3.54. The highest BCUT2D eigenvalue weighted by Crippen LogP contribution is 2.10. The van der Waals surface area contributed by atoms with Gasteiger partial charge in [0.25, 0.3) is 0 Å². The average molecular weight is 272 g/mol. The zero-order valence-electron chi connectivity index (χ0n) is 11.2. The van der Waals surface area contributed by atoms with Gasteiger partial charge in [-0.15, -0.1) is 11.6 Å². The third-order valence-electron chi connectivity index (χ3n) is 3.37. The first kappa shape index (κ1) is 13.8. The van der Waals surface area contributed by atoms with Crippen LogP contribution in [0.4, 0.5) is 0 Å². The molecule has 0 saturated carbocycles. The summed E-state index contributed by atoms with van der Waals surface area (Å²) in [5, 5.41) is 4.28. The predicted octanol–water partition coefficient (Wildman–Crippen LogP) is 1.22. The molecule has 0 aliphatic carbocycles. The van der Waals surface area contributed by atoms with E-state index < -0.39 is 0 Å². The Hall–Kier alpha value is -0.650. The summed E-state index contributed by atoms with van der Waals surface area (Å²) in [7, 11) is 0. The van der Waals surface area contributed by atoms with Crippen LogP contribution in [-0.4, -0.2) is 63.2 Å². The van der Waals surface area contributed by atoms with E-state index in [4.69, 9.17) is 11.6 Å². The van der Waals surface area contributed by atoms with Crippen LogP contribution in [0.1, 0.15) is 25.7 Å². The molecule has 2 heterocycles. The van der Waals surface area contributed by atoms with Crippen LogP contribution in [0.5, 0.6) is 0 Å². The molecule has 102 valence electrons. The molecule has 0 bridgehead atoms. The van der Waals surface area contributed by atoms with Crippen LogP contribution < -0.4 is 0 Å². The Labute approximate surface area is 114 Å². The summed E-state index contributed by atoms with van der Waals surface area (Å²) in [6, 6.07) is 0.375. The van der Waals surface area contributed by atoms with Gasteiger partial charge in [0.2, 0.25) is 0 Å². The highest BCUT2D eigenvalue weighted by atomic mass is 35.5. The van der Waals surface area contributed by atoms with E-state index in [1.165, 1.54) is 0 Å². The maximum Gasteiger partial charge on any atom is 0.141 e. The molecule has 0 unspecified atom stereocenters. The summed E-state index contributed by atoms with van der Waals surface area (Å²) in [4.78, 5) is 9.21. The number of halogens is 1. The van der Waals surface area contributed by atoms with Crippen molar-refractivity contribution < 1.29 is 0 Å². The molecule has 0 atom stereocenters. The lowest BCUT2D eigenvalue weighted by Gasteiger charge is -2.34. The molecule has 1 saturated heterocycles. The lowest BCUT2D eigenvalue weighted by atomic mass is 10.3. The van der Waals surface area contributed by atoms with Crippen LogP contribution >= 0.6 is 11.6 Å². The van der Waals surface area contributed by atoms with Crippen LogP contribution in [0.15, 0.2) is 6.33 Å². The Morgan fingerprint density at radius 3 is 2.50 bits per heavy atom. The van der Waals surface area contributed by atoms with Crippen molar-refractivity contribution in [2.45, 2.75) is 26.4 Å². The van der Waals surface area contributed by atoms with E-state index in [1.54, 1.807) is 6.33 Å². The van der Waals surface area contributed by atoms with Gasteiger partial charge < -0.3 is 0 Å². The quantitative estimate of drug-likeness (QED) is 0.755. The molecular weight excluding hydrogens is 250 g/mol. The number of hydrogen-bond acceptors (Lipinski definition) is 4. The van der Waals surface area contributed by atoms with Gasteiger partial charge in [0.1, 0.15) is 12.2 Å². The summed E-state index contributed by atoms with van der Waals surface area (Å²) in [6.45, 7) is 10.5. The second kappa shape index (κ2) is 6.50. The Morgan fingerprint density at radius 1 is 1.22 bits per heavy atom. The first-order valence-corrected chi connectivity index (χ1v) is 7.13. The number of nitrogens with zero attached hydrogens (tertiary/aromatic N) is 5. The molecule has 0 aromatic carbocycles. The van der Waals surface area contributed by atoms with Gasteiger partial charge in [-0.3, -0.25) is 9.80 Å². The molecule has 6 heteroatoms. The van der Waals surface area contributed by atoms with Crippen LogP contribution in [0.25, 0.3) is 0 Å². The van der Waals surface area contributed by atoms with E-state index in [-0.39, 0.29) is 0 Å². The Morgan fingerprint density at radius 2 is 1.89 bits per heavy atom. The number of aromatic nitrogens is 3. The highest BCUT2D eigenvalue weighted by molar-refractivity contribution is 6.18. The SMILES string of the molecule is CC(C)n1ncnc1CN1CCN(CCCl)CC1. The number of hydrogen-bond donors (Lipinski definition) is 0. The van der Waals surface area contributed by atoms with Crippen molar-refractivity contribution in [1.82, 2.24) is 24.6 Å². The molecule has 0 amide bonds. The fourth-order valence-electron chi connectivity index (χ4n) is 2.31. The number of rotatable bonds is 5. The molecule has 0 N–H and O–H groups in total. The summed E-state index contributed by atoms with van der Waals surface area (Å²) < 4.78 is 2.01. The molecule has 2 rings (SSSR count). The fraction of sp³-hybridized carbons (Fsp3) is 0.833. The smallest absolute Gasteiger partial charge is 0.141 e. The Kier molecular flexibility index (Phi) is 4.97. The monoisotopic (exact) mass is 271 g/mol. The topological polar surface area (TPSA) is 37.2 Å². The maximum atomic E-state index is 5.77. The molecular formula is C12H22ClN5. The normalized spacial score (nSPS) is 18.7. The van der Waals surface area contributed by atoms with Gasteiger partial charge >= 0.3 is 0 Å². The number of alkyl halides is 1. The second-order valence-corrected chi connectivity index (χ2v) is 5.40. The van der Waals surface area contributed by atoms with E-state index in [2.05, 4.69) is 33.7 Å². The fourth-order valence-corrected chi connectivity index (χ4v) is 2.55. The van der Waals surface area contributed by atoms with Gasteiger partial charge in [0.15, 0.2) is 0 Å². The largest absolute Gasteiger partial charge is 0.300 e. The molecule has 1 aromatic rings. The zero-order chi connectivity index (χ0) is 13.0. The van der Waals surface area contributed by atoms with Crippen molar-refractivity contribution in [3.63, 3.8) is 0 Å². The van der Waals surface area contributed by atoms with Crippen molar-refractivity contribution in [2.75, 3.05) is 38.6 Å². The minimum atomic E-state index is 0.375. The van der Waals surface area contributed by atoms with Crippen molar-refractivity contribution in [3.8, 4) is 0 Å². The van der Waals surface area contributed by atoms with Crippen molar-refractivity contribution >= 4 is 11.6 Å². The minimum absolute atomic E-state index is 0.375. The summed E-state index contributed by atoms with van der Waals surface area (Å²) in [5.41, 5.74) is 0. The summed E-state index contributed by atoms with van der Waals surface area (Å²) >= 11 is 5.77.